The Morgan fingerprint density at radius 3 is 2.39 bits per heavy atom. The van der Waals surface area contributed by atoms with Gasteiger partial charge in [0.2, 0.25) is 0 Å². The zero-order valence-corrected chi connectivity index (χ0v) is 13.4. The summed E-state index contributed by atoms with van der Waals surface area (Å²) in [5.41, 5.74) is 3.15. The van der Waals surface area contributed by atoms with E-state index in [0.717, 1.165) is 11.1 Å². The van der Waals surface area contributed by atoms with Crippen molar-refractivity contribution in [1.82, 2.24) is 0 Å². The molecule has 0 aromatic heterocycles. The molecular formula is C18H19NO4. The lowest BCUT2D eigenvalue weighted by Crippen LogP contribution is -2.20. The van der Waals surface area contributed by atoms with Crippen LogP contribution in [-0.4, -0.2) is 25.6 Å². The average molecular weight is 313 g/mol. The zero-order chi connectivity index (χ0) is 16.8. The van der Waals surface area contributed by atoms with Gasteiger partial charge in [0.1, 0.15) is 5.75 Å². The van der Waals surface area contributed by atoms with Crippen LogP contribution in [0.4, 0.5) is 5.69 Å². The summed E-state index contributed by atoms with van der Waals surface area (Å²) in [6.07, 6.45) is 0. The summed E-state index contributed by atoms with van der Waals surface area (Å²) in [5, 5.41) is 2.71. The Morgan fingerprint density at radius 1 is 1.04 bits per heavy atom. The van der Waals surface area contributed by atoms with E-state index in [-0.39, 0.29) is 12.5 Å². The quantitative estimate of drug-likeness (QED) is 0.861. The topological polar surface area (TPSA) is 64.6 Å². The summed E-state index contributed by atoms with van der Waals surface area (Å²) >= 11 is 0. The molecule has 0 aliphatic heterocycles. The van der Waals surface area contributed by atoms with E-state index in [2.05, 4.69) is 10.1 Å². The Hall–Kier alpha value is -2.82. The lowest BCUT2D eigenvalue weighted by Gasteiger charge is -2.11. The standard InChI is InChI=1S/C18H19NO4/c1-12-5-4-6-16(13(12)2)23-11-17(20)19-15-9-7-14(8-10-15)18(21)22-3/h4-10H,11H2,1-3H3,(H,19,20). The van der Waals surface area contributed by atoms with Crippen LogP contribution in [0.15, 0.2) is 42.5 Å². The molecule has 0 aliphatic rings. The molecule has 1 amide bonds. The number of anilines is 1. The summed E-state index contributed by atoms with van der Waals surface area (Å²) in [5.74, 6) is 0.0130. The third-order valence-corrected chi connectivity index (χ3v) is 3.50. The molecule has 0 heterocycles. The minimum Gasteiger partial charge on any atom is -0.483 e. The fourth-order valence-corrected chi connectivity index (χ4v) is 2.03. The van der Waals surface area contributed by atoms with E-state index in [1.807, 2.05) is 32.0 Å². The molecule has 0 radical (unpaired) electrons. The van der Waals surface area contributed by atoms with E-state index < -0.39 is 5.97 Å². The molecule has 0 bridgehead atoms. The summed E-state index contributed by atoms with van der Waals surface area (Å²) < 4.78 is 10.2. The minimum absolute atomic E-state index is 0.0803. The molecule has 120 valence electrons. The number of ether oxygens (including phenoxy) is 2. The molecule has 0 saturated heterocycles. The first-order valence-corrected chi connectivity index (χ1v) is 7.18. The second kappa shape index (κ2) is 7.45. The van der Waals surface area contributed by atoms with Crippen LogP contribution in [-0.2, 0) is 9.53 Å². The SMILES string of the molecule is COC(=O)c1ccc(NC(=O)COc2cccc(C)c2C)cc1. The largest absolute Gasteiger partial charge is 0.483 e. The third kappa shape index (κ3) is 4.32. The predicted molar refractivity (Wildman–Crippen MR) is 87.8 cm³/mol. The van der Waals surface area contributed by atoms with Crippen molar-refractivity contribution in [3.63, 3.8) is 0 Å². The van der Waals surface area contributed by atoms with Crippen LogP contribution in [0.5, 0.6) is 5.75 Å². The second-order valence-electron chi connectivity index (χ2n) is 5.10. The Morgan fingerprint density at radius 2 is 1.74 bits per heavy atom. The van der Waals surface area contributed by atoms with Crippen molar-refractivity contribution in [3.05, 3.63) is 59.2 Å². The number of nitrogens with one attached hydrogen (secondary N) is 1. The molecule has 23 heavy (non-hydrogen) atoms. The van der Waals surface area contributed by atoms with Gasteiger partial charge in [-0.2, -0.15) is 0 Å². The molecule has 0 unspecified atom stereocenters. The first-order valence-electron chi connectivity index (χ1n) is 7.18. The molecule has 2 aromatic carbocycles. The lowest BCUT2D eigenvalue weighted by molar-refractivity contribution is -0.118. The summed E-state index contributed by atoms with van der Waals surface area (Å²) in [7, 11) is 1.32. The number of aryl methyl sites for hydroxylation is 1. The van der Waals surface area contributed by atoms with Gasteiger partial charge >= 0.3 is 5.97 Å². The number of rotatable bonds is 5. The maximum Gasteiger partial charge on any atom is 0.337 e. The van der Waals surface area contributed by atoms with Gasteiger partial charge in [-0.15, -0.1) is 0 Å². The molecule has 0 fully saturated rings. The van der Waals surface area contributed by atoms with Crippen molar-refractivity contribution in [1.29, 1.82) is 0 Å². The van der Waals surface area contributed by atoms with Gasteiger partial charge in [-0.05, 0) is 55.3 Å². The van der Waals surface area contributed by atoms with E-state index >= 15 is 0 Å². The molecular weight excluding hydrogens is 294 g/mol. The predicted octanol–water partition coefficient (Wildman–Crippen LogP) is 3.11. The molecule has 0 saturated carbocycles. The molecule has 0 spiro atoms. The highest BCUT2D eigenvalue weighted by atomic mass is 16.5. The second-order valence-corrected chi connectivity index (χ2v) is 5.10. The summed E-state index contributed by atoms with van der Waals surface area (Å²) in [6, 6.07) is 12.2. The molecule has 2 rings (SSSR count). The van der Waals surface area contributed by atoms with Gasteiger partial charge in [0, 0.05) is 5.69 Å². The fourth-order valence-electron chi connectivity index (χ4n) is 2.03. The monoisotopic (exact) mass is 313 g/mol. The van der Waals surface area contributed by atoms with E-state index in [9.17, 15) is 9.59 Å². The normalized spacial score (nSPS) is 10.0. The Labute approximate surface area is 135 Å². The Bertz CT molecular complexity index is 707. The maximum atomic E-state index is 11.9. The summed E-state index contributed by atoms with van der Waals surface area (Å²) in [4.78, 5) is 23.3. The number of hydrogen-bond donors (Lipinski definition) is 1. The van der Waals surface area contributed by atoms with Gasteiger partial charge in [-0.3, -0.25) is 4.79 Å². The van der Waals surface area contributed by atoms with Crippen molar-refractivity contribution in [3.8, 4) is 5.75 Å². The van der Waals surface area contributed by atoms with Crippen molar-refractivity contribution in [2.45, 2.75) is 13.8 Å². The van der Waals surface area contributed by atoms with Crippen molar-refractivity contribution >= 4 is 17.6 Å². The highest BCUT2D eigenvalue weighted by Crippen LogP contribution is 2.20. The molecule has 1 N–H and O–H groups in total. The van der Waals surface area contributed by atoms with Crippen molar-refractivity contribution in [2.75, 3.05) is 19.0 Å². The third-order valence-electron chi connectivity index (χ3n) is 3.50. The van der Waals surface area contributed by atoms with Crippen LogP contribution >= 0.6 is 0 Å². The van der Waals surface area contributed by atoms with Crippen LogP contribution in [0.25, 0.3) is 0 Å². The zero-order valence-electron chi connectivity index (χ0n) is 13.4. The molecule has 0 aliphatic carbocycles. The molecule has 5 heteroatoms. The first kappa shape index (κ1) is 16.5. The number of hydrogen-bond acceptors (Lipinski definition) is 4. The molecule has 2 aromatic rings. The smallest absolute Gasteiger partial charge is 0.337 e. The Kier molecular flexibility index (Phi) is 5.36. The van der Waals surface area contributed by atoms with Gasteiger partial charge in [0.25, 0.3) is 5.91 Å². The summed E-state index contributed by atoms with van der Waals surface area (Å²) in [6.45, 7) is 3.86. The van der Waals surface area contributed by atoms with E-state index in [1.54, 1.807) is 24.3 Å². The molecule has 5 nitrogen and oxygen atoms in total. The van der Waals surface area contributed by atoms with Crippen molar-refractivity contribution in [2.24, 2.45) is 0 Å². The van der Waals surface area contributed by atoms with E-state index in [1.165, 1.54) is 7.11 Å². The average Bonchev–Trinajstić information content (AvgIpc) is 2.56. The van der Waals surface area contributed by atoms with Gasteiger partial charge in [0.15, 0.2) is 6.61 Å². The van der Waals surface area contributed by atoms with Gasteiger partial charge in [-0.1, -0.05) is 12.1 Å². The van der Waals surface area contributed by atoms with E-state index in [0.29, 0.717) is 17.0 Å². The fraction of sp³-hybridized carbons (Fsp3) is 0.222. The van der Waals surface area contributed by atoms with E-state index in [4.69, 9.17) is 4.74 Å². The van der Waals surface area contributed by atoms with Gasteiger partial charge < -0.3 is 14.8 Å². The number of carbonyl (C=O) groups excluding carboxylic acids is 2. The van der Waals surface area contributed by atoms with Crippen LogP contribution in [0.1, 0.15) is 21.5 Å². The number of esters is 1. The number of carbonyl (C=O) groups is 2. The highest BCUT2D eigenvalue weighted by molar-refractivity contribution is 5.93. The van der Waals surface area contributed by atoms with Crippen LogP contribution in [0.3, 0.4) is 0 Å². The van der Waals surface area contributed by atoms with Gasteiger partial charge in [0.05, 0.1) is 12.7 Å². The first-order chi connectivity index (χ1) is 11.0. The minimum atomic E-state index is -0.416. The van der Waals surface area contributed by atoms with Crippen LogP contribution in [0.2, 0.25) is 0 Å². The number of methoxy groups -OCH3 is 1. The van der Waals surface area contributed by atoms with Crippen molar-refractivity contribution < 1.29 is 19.1 Å². The Balaban J connectivity index is 1.92. The molecule has 0 atom stereocenters. The maximum absolute atomic E-state index is 11.9. The highest BCUT2D eigenvalue weighted by Gasteiger charge is 2.08. The number of amides is 1. The van der Waals surface area contributed by atoms with Crippen LogP contribution in [0, 0.1) is 13.8 Å². The van der Waals surface area contributed by atoms with Gasteiger partial charge in [-0.25, -0.2) is 4.79 Å². The lowest BCUT2D eigenvalue weighted by atomic mass is 10.1. The number of benzene rings is 2. The van der Waals surface area contributed by atoms with Crippen LogP contribution < -0.4 is 10.1 Å².